The molecule has 0 aromatic heterocycles. The summed E-state index contributed by atoms with van der Waals surface area (Å²) < 4.78 is 11.0. The maximum Gasteiger partial charge on any atom is 0.240 e. The van der Waals surface area contributed by atoms with E-state index in [1.54, 1.807) is 14.2 Å². The van der Waals surface area contributed by atoms with Crippen LogP contribution in [0, 0.1) is 0 Å². The maximum atomic E-state index is 13.9. The lowest BCUT2D eigenvalue weighted by Gasteiger charge is -2.40. The van der Waals surface area contributed by atoms with E-state index in [9.17, 15) is 4.79 Å². The van der Waals surface area contributed by atoms with Gasteiger partial charge in [-0.1, -0.05) is 54.6 Å². The molecule has 0 fully saturated rings. The molecule has 0 spiro atoms. The van der Waals surface area contributed by atoms with Gasteiger partial charge in [0.15, 0.2) is 11.5 Å². The summed E-state index contributed by atoms with van der Waals surface area (Å²) in [5.74, 6) is 1.66. The van der Waals surface area contributed by atoms with Gasteiger partial charge in [-0.2, -0.15) is 0 Å². The summed E-state index contributed by atoms with van der Waals surface area (Å²) in [6, 6.07) is 22.9. The molecule has 0 bridgehead atoms. The van der Waals surface area contributed by atoms with E-state index in [4.69, 9.17) is 9.47 Å². The van der Waals surface area contributed by atoms with Crippen molar-refractivity contribution in [1.82, 2.24) is 9.80 Å². The lowest BCUT2D eigenvalue weighted by molar-refractivity contribution is -0.139. The van der Waals surface area contributed by atoms with Crippen LogP contribution in [0.1, 0.15) is 27.8 Å². The van der Waals surface area contributed by atoms with Gasteiger partial charge in [0, 0.05) is 26.2 Å². The summed E-state index contributed by atoms with van der Waals surface area (Å²) in [5, 5.41) is 0. The van der Waals surface area contributed by atoms with E-state index >= 15 is 0 Å². The van der Waals surface area contributed by atoms with Gasteiger partial charge >= 0.3 is 0 Å². The fraction of sp³-hybridized carbons (Fsp3) is 0.321. The van der Waals surface area contributed by atoms with E-state index in [1.807, 2.05) is 17.0 Å². The molecule has 0 aliphatic carbocycles. The van der Waals surface area contributed by atoms with Crippen LogP contribution in [-0.4, -0.2) is 42.5 Å². The van der Waals surface area contributed by atoms with Crippen molar-refractivity contribution in [3.8, 4) is 11.5 Å². The smallest absolute Gasteiger partial charge is 0.240 e. The van der Waals surface area contributed by atoms with E-state index in [0.29, 0.717) is 12.3 Å². The van der Waals surface area contributed by atoms with E-state index < -0.39 is 0 Å². The molecule has 5 nitrogen and oxygen atoms in total. The molecule has 2 heterocycles. The molecule has 33 heavy (non-hydrogen) atoms. The third-order valence-electron chi connectivity index (χ3n) is 6.89. The van der Waals surface area contributed by atoms with Gasteiger partial charge in [-0.05, 0) is 52.8 Å². The number of carbonyl (C=O) groups is 1. The first-order valence-electron chi connectivity index (χ1n) is 11.5. The molecular formula is C28H30N2O3. The van der Waals surface area contributed by atoms with Crippen LogP contribution in [0.3, 0.4) is 0 Å². The minimum absolute atomic E-state index is 0.165. The second kappa shape index (κ2) is 9.28. The number of benzene rings is 3. The van der Waals surface area contributed by atoms with Crippen LogP contribution < -0.4 is 9.47 Å². The van der Waals surface area contributed by atoms with Gasteiger partial charge in [-0.25, -0.2) is 0 Å². The molecule has 2 aliphatic rings. The first-order valence-corrected chi connectivity index (χ1v) is 11.5. The summed E-state index contributed by atoms with van der Waals surface area (Å²) in [6.45, 7) is 2.88. The van der Waals surface area contributed by atoms with Gasteiger partial charge in [0.25, 0.3) is 0 Å². The third kappa shape index (κ3) is 4.33. The van der Waals surface area contributed by atoms with Crippen molar-refractivity contribution in [2.45, 2.75) is 38.5 Å². The van der Waals surface area contributed by atoms with Crippen molar-refractivity contribution >= 4 is 5.91 Å². The fourth-order valence-electron chi connectivity index (χ4n) is 5.09. The molecule has 0 saturated heterocycles. The second-order valence-electron chi connectivity index (χ2n) is 8.86. The van der Waals surface area contributed by atoms with E-state index in [-0.39, 0.29) is 11.9 Å². The van der Waals surface area contributed by atoms with Crippen LogP contribution in [0.25, 0.3) is 0 Å². The van der Waals surface area contributed by atoms with Gasteiger partial charge in [0.1, 0.15) is 0 Å². The van der Waals surface area contributed by atoms with Crippen LogP contribution in [0.15, 0.2) is 66.7 Å². The summed E-state index contributed by atoms with van der Waals surface area (Å²) in [6.07, 6.45) is 1.57. The largest absolute Gasteiger partial charge is 0.493 e. The Bertz CT molecular complexity index is 1150. The average Bonchev–Trinajstić information content (AvgIpc) is 2.87. The highest BCUT2D eigenvalue weighted by Crippen LogP contribution is 2.34. The Hall–Kier alpha value is -3.31. The molecule has 0 radical (unpaired) electrons. The first kappa shape index (κ1) is 21.5. The second-order valence-corrected chi connectivity index (χ2v) is 8.86. The van der Waals surface area contributed by atoms with E-state index in [0.717, 1.165) is 43.8 Å². The van der Waals surface area contributed by atoms with Gasteiger partial charge in [-0.15, -0.1) is 0 Å². The zero-order valence-electron chi connectivity index (χ0n) is 19.3. The van der Waals surface area contributed by atoms with E-state index in [2.05, 4.69) is 59.5 Å². The highest BCUT2D eigenvalue weighted by Gasteiger charge is 2.35. The number of hydrogen-bond donors (Lipinski definition) is 0. The number of methoxy groups -OCH3 is 2. The third-order valence-corrected chi connectivity index (χ3v) is 6.89. The lowest BCUT2D eigenvalue weighted by Crippen LogP contribution is -2.52. The number of rotatable bonds is 5. The van der Waals surface area contributed by atoms with Gasteiger partial charge in [0.05, 0.1) is 20.3 Å². The number of ether oxygens (including phenoxy) is 2. The molecule has 5 heteroatoms. The zero-order valence-corrected chi connectivity index (χ0v) is 19.3. The topological polar surface area (TPSA) is 42.0 Å². The van der Waals surface area contributed by atoms with Crippen LogP contribution in [0.2, 0.25) is 0 Å². The van der Waals surface area contributed by atoms with Crippen LogP contribution in [0.4, 0.5) is 0 Å². The molecule has 170 valence electrons. The minimum Gasteiger partial charge on any atom is -0.493 e. The Morgan fingerprint density at radius 2 is 1.52 bits per heavy atom. The predicted molar refractivity (Wildman–Crippen MR) is 128 cm³/mol. The van der Waals surface area contributed by atoms with Crippen LogP contribution in [-0.2, 0) is 37.3 Å². The first-order chi connectivity index (χ1) is 16.2. The number of carbonyl (C=O) groups excluding carboxylic acids is 1. The molecule has 0 unspecified atom stereocenters. The standard InChI is InChI=1S/C28H30N2O3/c1-32-26-15-22-12-13-29(19-24(22)16-27(26)33-2)28(31)25-14-21-10-6-7-11-23(21)18-30(25)17-20-8-4-3-5-9-20/h3-11,15-16,25H,12-14,17-19H2,1-2H3/t25-/m0/s1. The monoisotopic (exact) mass is 442 g/mol. The van der Waals surface area contributed by atoms with Crippen molar-refractivity contribution in [3.63, 3.8) is 0 Å². The minimum atomic E-state index is -0.165. The van der Waals surface area contributed by atoms with Crippen molar-refractivity contribution in [1.29, 1.82) is 0 Å². The quantitative estimate of drug-likeness (QED) is 0.594. The zero-order chi connectivity index (χ0) is 22.8. The Morgan fingerprint density at radius 1 is 0.848 bits per heavy atom. The maximum absolute atomic E-state index is 13.9. The van der Waals surface area contributed by atoms with E-state index in [1.165, 1.54) is 22.3 Å². The SMILES string of the molecule is COc1cc2c(cc1OC)CN(C(=O)[C@@H]1Cc3ccccc3CN1Cc1ccccc1)CC2. The summed E-state index contributed by atoms with van der Waals surface area (Å²) in [7, 11) is 3.31. The molecule has 2 aliphatic heterocycles. The molecule has 5 rings (SSSR count). The molecule has 3 aromatic carbocycles. The van der Waals surface area contributed by atoms with Crippen LogP contribution in [0.5, 0.6) is 11.5 Å². The number of nitrogens with zero attached hydrogens (tertiary/aromatic N) is 2. The molecule has 1 atom stereocenters. The lowest BCUT2D eigenvalue weighted by atomic mass is 9.91. The Morgan fingerprint density at radius 3 is 2.24 bits per heavy atom. The molecule has 0 saturated carbocycles. The van der Waals surface area contributed by atoms with Crippen molar-refractivity contribution in [2.75, 3.05) is 20.8 Å². The van der Waals surface area contributed by atoms with Gasteiger partial charge < -0.3 is 14.4 Å². The number of hydrogen-bond acceptors (Lipinski definition) is 4. The summed E-state index contributed by atoms with van der Waals surface area (Å²) >= 11 is 0. The molecule has 3 aromatic rings. The highest BCUT2D eigenvalue weighted by molar-refractivity contribution is 5.83. The summed E-state index contributed by atoms with van der Waals surface area (Å²) in [5.41, 5.74) is 6.20. The van der Waals surface area contributed by atoms with Crippen molar-refractivity contribution in [2.24, 2.45) is 0 Å². The molecular weight excluding hydrogens is 412 g/mol. The Labute approximate surface area is 195 Å². The normalized spacial score (nSPS) is 17.8. The highest BCUT2D eigenvalue weighted by atomic mass is 16.5. The van der Waals surface area contributed by atoms with Gasteiger partial charge in [-0.3, -0.25) is 9.69 Å². The average molecular weight is 443 g/mol. The van der Waals surface area contributed by atoms with Crippen molar-refractivity contribution in [3.05, 3.63) is 94.5 Å². The van der Waals surface area contributed by atoms with Crippen LogP contribution >= 0.6 is 0 Å². The summed E-state index contributed by atoms with van der Waals surface area (Å²) in [4.78, 5) is 18.2. The number of amides is 1. The molecule has 0 N–H and O–H groups in total. The Balaban J connectivity index is 1.41. The fourth-order valence-corrected chi connectivity index (χ4v) is 5.09. The van der Waals surface area contributed by atoms with Crippen molar-refractivity contribution < 1.29 is 14.3 Å². The molecule has 1 amide bonds. The Kier molecular flexibility index (Phi) is 6.05. The number of fused-ring (bicyclic) bond motifs is 2. The predicted octanol–water partition coefficient (Wildman–Crippen LogP) is 4.22. The van der Waals surface area contributed by atoms with Gasteiger partial charge in [0.2, 0.25) is 5.91 Å².